The third-order valence-electron chi connectivity index (χ3n) is 3.16. The third kappa shape index (κ3) is 3.43. The second-order valence-electron chi connectivity index (χ2n) is 4.46. The van der Waals surface area contributed by atoms with Crippen LogP contribution in [0.15, 0.2) is 29.8 Å². The number of hydrogen-bond acceptors (Lipinski definition) is 3. The van der Waals surface area contributed by atoms with Gasteiger partial charge in [-0.15, -0.1) is 11.3 Å². The summed E-state index contributed by atoms with van der Waals surface area (Å²) < 4.78 is 1.97. The summed E-state index contributed by atoms with van der Waals surface area (Å²) in [5, 5.41) is 9.96. The van der Waals surface area contributed by atoms with Gasteiger partial charge in [-0.1, -0.05) is 13.0 Å². The van der Waals surface area contributed by atoms with Gasteiger partial charge in [-0.3, -0.25) is 4.68 Å². The van der Waals surface area contributed by atoms with Crippen LogP contribution in [-0.4, -0.2) is 16.3 Å². The van der Waals surface area contributed by atoms with E-state index >= 15 is 0 Å². The Morgan fingerprint density at radius 3 is 2.94 bits per heavy atom. The predicted octanol–water partition coefficient (Wildman–Crippen LogP) is 3.16. The van der Waals surface area contributed by atoms with E-state index in [1.165, 1.54) is 23.4 Å². The lowest BCUT2D eigenvalue weighted by atomic mass is 10.1. The highest BCUT2D eigenvalue weighted by atomic mass is 32.1. The summed E-state index contributed by atoms with van der Waals surface area (Å²) in [4.78, 5) is 1.48. The topological polar surface area (TPSA) is 29.9 Å². The van der Waals surface area contributed by atoms with Crippen molar-refractivity contribution in [1.82, 2.24) is 15.1 Å². The number of rotatable bonds is 7. The van der Waals surface area contributed by atoms with E-state index in [9.17, 15) is 0 Å². The first-order chi connectivity index (χ1) is 8.81. The van der Waals surface area contributed by atoms with Crippen LogP contribution in [0.5, 0.6) is 0 Å². The van der Waals surface area contributed by atoms with Gasteiger partial charge in [-0.2, -0.15) is 5.10 Å². The first kappa shape index (κ1) is 13.3. The van der Waals surface area contributed by atoms with E-state index in [1.54, 1.807) is 0 Å². The fourth-order valence-corrected chi connectivity index (χ4v) is 3.01. The van der Waals surface area contributed by atoms with Gasteiger partial charge in [-0.05, 0) is 43.3 Å². The number of aromatic nitrogens is 2. The summed E-state index contributed by atoms with van der Waals surface area (Å²) >= 11 is 1.85. The zero-order chi connectivity index (χ0) is 12.8. The van der Waals surface area contributed by atoms with E-state index in [0.29, 0.717) is 6.04 Å². The molecular weight excluding hydrogens is 242 g/mol. The van der Waals surface area contributed by atoms with Crippen LogP contribution < -0.4 is 5.32 Å². The average molecular weight is 263 g/mol. The van der Waals surface area contributed by atoms with Crippen molar-refractivity contribution >= 4 is 11.3 Å². The van der Waals surface area contributed by atoms with Crippen LogP contribution in [0.3, 0.4) is 0 Å². The normalized spacial score (nSPS) is 12.8. The summed E-state index contributed by atoms with van der Waals surface area (Å²) in [6.45, 7) is 3.15. The molecule has 2 heterocycles. The van der Waals surface area contributed by atoms with Gasteiger partial charge in [-0.25, -0.2) is 0 Å². The Labute approximate surface area is 113 Å². The molecule has 0 aromatic carbocycles. The molecule has 0 bridgehead atoms. The molecule has 0 saturated carbocycles. The number of nitrogens with one attached hydrogen (secondary N) is 1. The molecule has 4 heteroatoms. The smallest absolute Gasteiger partial charge is 0.0550 e. The molecule has 0 fully saturated rings. The summed E-state index contributed by atoms with van der Waals surface area (Å²) in [6.07, 6.45) is 5.42. The van der Waals surface area contributed by atoms with Crippen molar-refractivity contribution < 1.29 is 0 Å². The van der Waals surface area contributed by atoms with Crippen molar-refractivity contribution in [2.45, 2.75) is 32.2 Å². The van der Waals surface area contributed by atoms with Crippen molar-refractivity contribution in [3.05, 3.63) is 40.3 Å². The van der Waals surface area contributed by atoms with E-state index in [4.69, 9.17) is 0 Å². The molecular formula is C14H21N3S. The Hall–Kier alpha value is -1.13. The molecule has 2 aromatic rings. The zero-order valence-electron chi connectivity index (χ0n) is 11.1. The molecule has 0 aliphatic carbocycles. The molecule has 1 atom stereocenters. The van der Waals surface area contributed by atoms with Crippen molar-refractivity contribution in [2.75, 3.05) is 6.54 Å². The van der Waals surface area contributed by atoms with Crippen LogP contribution in [0.1, 0.15) is 36.4 Å². The van der Waals surface area contributed by atoms with Gasteiger partial charge < -0.3 is 5.32 Å². The Bertz CT molecular complexity index is 447. The second-order valence-corrected chi connectivity index (χ2v) is 5.49. The fourth-order valence-electron chi connectivity index (χ4n) is 2.26. The monoisotopic (exact) mass is 263 g/mol. The molecule has 2 aromatic heterocycles. The molecule has 0 aliphatic heterocycles. The van der Waals surface area contributed by atoms with Gasteiger partial charge in [0, 0.05) is 24.2 Å². The van der Waals surface area contributed by atoms with Crippen molar-refractivity contribution in [2.24, 2.45) is 7.05 Å². The highest BCUT2D eigenvalue weighted by Crippen LogP contribution is 2.20. The van der Waals surface area contributed by atoms with Crippen LogP contribution in [0.4, 0.5) is 0 Å². The highest BCUT2D eigenvalue weighted by Gasteiger charge is 2.13. The molecule has 0 aliphatic rings. The van der Waals surface area contributed by atoms with Crippen LogP contribution >= 0.6 is 11.3 Å². The Morgan fingerprint density at radius 2 is 2.33 bits per heavy atom. The lowest BCUT2D eigenvalue weighted by Crippen LogP contribution is -2.23. The van der Waals surface area contributed by atoms with Crippen molar-refractivity contribution in [3.63, 3.8) is 0 Å². The van der Waals surface area contributed by atoms with E-state index < -0.39 is 0 Å². The highest BCUT2D eigenvalue weighted by molar-refractivity contribution is 7.09. The van der Waals surface area contributed by atoms with Gasteiger partial charge in [0.1, 0.15) is 0 Å². The standard InChI is InChI=1S/C14H21N3S/c1-3-15-13(14-9-10-16-17(14)2)8-4-6-12-7-5-11-18-12/h5,7,9-11,13,15H,3-4,6,8H2,1-2H3. The van der Waals surface area contributed by atoms with Crippen LogP contribution in [0.2, 0.25) is 0 Å². The molecule has 98 valence electrons. The quantitative estimate of drug-likeness (QED) is 0.831. The summed E-state index contributed by atoms with van der Waals surface area (Å²) in [5.74, 6) is 0. The average Bonchev–Trinajstić information content (AvgIpc) is 2.99. The summed E-state index contributed by atoms with van der Waals surface area (Å²) in [6, 6.07) is 6.88. The number of aryl methyl sites for hydroxylation is 2. The van der Waals surface area contributed by atoms with E-state index in [2.05, 4.69) is 40.9 Å². The molecule has 3 nitrogen and oxygen atoms in total. The molecule has 0 spiro atoms. The third-order valence-corrected chi connectivity index (χ3v) is 4.10. The number of hydrogen-bond donors (Lipinski definition) is 1. The first-order valence-electron chi connectivity index (χ1n) is 6.55. The van der Waals surface area contributed by atoms with Crippen molar-refractivity contribution in [1.29, 1.82) is 0 Å². The SMILES string of the molecule is CCNC(CCCc1cccs1)c1ccnn1C. The minimum absolute atomic E-state index is 0.419. The molecule has 18 heavy (non-hydrogen) atoms. The Balaban J connectivity index is 1.89. The van der Waals surface area contributed by atoms with E-state index in [1.807, 2.05) is 29.3 Å². The van der Waals surface area contributed by atoms with Gasteiger partial charge >= 0.3 is 0 Å². The second kappa shape index (κ2) is 6.71. The van der Waals surface area contributed by atoms with E-state index in [0.717, 1.165) is 13.0 Å². The maximum Gasteiger partial charge on any atom is 0.0550 e. The number of thiophene rings is 1. The Kier molecular flexibility index (Phi) is 4.96. The predicted molar refractivity (Wildman–Crippen MR) is 76.9 cm³/mol. The molecule has 2 rings (SSSR count). The molecule has 0 amide bonds. The lowest BCUT2D eigenvalue weighted by Gasteiger charge is -2.17. The van der Waals surface area contributed by atoms with Gasteiger partial charge in [0.2, 0.25) is 0 Å². The largest absolute Gasteiger partial charge is 0.309 e. The van der Waals surface area contributed by atoms with Crippen LogP contribution in [0, 0.1) is 0 Å². The Morgan fingerprint density at radius 1 is 1.44 bits per heavy atom. The number of nitrogens with zero attached hydrogens (tertiary/aromatic N) is 2. The first-order valence-corrected chi connectivity index (χ1v) is 7.43. The van der Waals surface area contributed by atoms with Gasteiger partial charge in [0.15, 0.2) is 0 Å². The van der Waals surface area contributed by atoms with Crippen LogP contribution in [-0.2, 0) is 13.5 Å². The maximum absolute atomic E-state index is 4.26. The summed E-state index contributed by atoms with van der Waals surface area (Å²) in [5.41, 5.74) is 1.28. The van der Waals surface area contributed by atoms with E-state index in [-0.39, 0.29) is 0 Å². The van der Waals surface area contributed by atoms with Crippen molar-refractivity contribution in [3.8, 4) is 0 Å². The summed E-state index contributed by atoms with van der Waals surface area (Å²) in [7, 11) is 2.01. The zero-order valence-corrected chi connectivity index (χ0v) is 11.9. The lowest BCUT2D eigenvalue weighted by molar-refractivity contribution is 0.467. The minimum atomic E-state index is 0.419. The molecule has 1 unspecified atom stereocenters. The minimum Gasteiger partial charge on any atom is -0.309 e. The molecule has 0 radical (unpaired) electrons. The maximum atomic E-state index is 4.26. The van der Waals surface area contributed by atoms with Gasteiger partial charge in [0.05, 0.1) is 5.69 Å². The van der Waals surface area contributed by atoms with Gasteiger partial charge in [0.25, 0.3) is 0 Å². The fraction of sp³-hybridized carbons (Fsp3) is 0.500. The molecule has 0 saturated heterocycles. The van der Waals surface area contributed by atoms with Crippen LogP contribution in [0.25, 0.3) is 0 Å². The molecule has 1 N–H and O–H groups in total.